The number of hydrogen-bond donors (Lipinski definition) is 1. The van der Waals surface area contributed by atoms with E-state index in [1.807, 2.05) is 31.2 Å². The van der Waals surface area contributed by atoms with E-state index in [1.54, 1.807) is 22.9 Å². The Kier molecular flexibility index (Phi) is 5.55. The van der Waals surface area contributed by atoms with Crippen LogP contribution < -0.4 is 4.74 Å². The Morgan fingerprint density at radius 2 is 1.92 bits per heavy atom. The normalized spacial score (nSPS) is 10.8. The number of carboxylic acid groups (broad SMARTS) is 1. The van der Waals surface area contributed by atoms with E-state index in [0.29, 0.717) is 33.4 Å². The highest BCUT2D eigenvalue weighted by Crippen LogP contribution is 2.36. The fourth-order valence-corrected chi connectivity index (χ4v) is 3.40. The molecule has 1 N–H and O–H groups in total. The van der Waals surface area contributed by atoms with Crippen molar-refractivity contribution in [2.45, 2.75) is 13.3 Å². The summed E-state index contributed by atoms with van der Waals surface area (Å²) in [6.07, 6.45) is -0.895. The molecule has 0 radical (unpaired) electrons. The van der Waals surface area contributed by atoms with Crippen LogP contribution in [0.25, 0.3) is 16.9 Å². The third kappa shape index (κ3) is 3.72. The molecule has 3 rings (SSSR count). The number of rotatable bonds is 4. The molecule has 26 heavy (non-hydrogen) atoms. The first kappa shape index (κ1) is 18.8. The van der Waals surface area contributed by atoms with Crippen LogP contribution in [0.1, 0.15) is 12.5 Å². The summed E-state index contributed by atoms with van der Waals surface area (Å²) in [5.41, 5.74) is 2.80. The van der Waals surface area contributed by atoms with Crippen molar-refractivity contribution < 1.29 is 14.6 Å². The molecule has 0 aliphatic rings. The summed E-state index contributed by atoms with van der Waals surface area (Å²) >= 11 is 15.8. The van der Waals surface area contributed by atoms with Crippen molar-refractivity contribution in [3.8, 4) is 22.8 Å². The number of ether oxygens (including phenoxy) is 1. The second-order valence-electron chi connectivity index (χ2n) is 5.37. The summed E-state index contributed by atoms with van der Waals surface area (Å²) in [6, 6.07) is 12.6. The van der Waals surface area contributed by atoms with Crippen LogP contribution in [0.4, 0.5) is 4.79 Å². The zero-order chi connectivity index (χ0) is 18.8. The summed E-state index contributed by atoms with van der Waals surface area (Å²) in [4.78, 5) is 11.1. The van der Waals surface area contributed by atoms with Gasteiger partial charge in [-0.1, -0.05) is 58.2 Å². The highest BCUT2D eigenvalue weighted by molar-refractivity contribution is 9.10. The number of nitrogens with zero attached hydrogens (tertiary/aromatic N) is 2. The van der Waals surface area contributed by atoms with Crippen molar-refractivity contribution in [3.05, 3.63) is 62.5 Å². The summed E-state index contributed by atoms with van der Waals surface area (Å²) in [5.74, 6) is 0.0314. The number of carbonyl (C=O) groups is 1. The van der Waals surface area contributed by atoms with Crippen LogP contribution in [-0.2, 0) is 6.42 Å². The van der Waals surface area contributed by atoms with Crippen LogP contribution in [0.2, 0.25) is 10.0 Å². The van der Waals surface area contributed by atoms with Crippen molar-refractivity contribution >= 4 is 45.3 Å². The minimum absolute atomic E-state index is 0.0314. The Labute approximate surface area is 168 Å². The maximum atomic E-state index is 11.1. The van der Waals surface area contributed by atoms with Gasteiger partial charge in [0, 0.05) is 20.6 Å². The van der Waals surface area contributed by atoms with Gasteiger partial charge in [-0.2, -0.15) is 0 Å². The van der Waals surface area contributed by atoms with Crippen LogP contribution in [0.3, 0.4) is 0 Å². The molecule has 1 heterocycles. The molecule has 5 nitrogen and oxygen atoms in total. The van der Waals surface area contributed by atoms with Gasteiger partial charge in [-0.05, 0) is 36.8 Å². The van der Waals surface area contributed by atoms with Crippen molar-refractivity contribution in [3.63, 3.8) is 0 Å². The van der Waals surface area contributed by atoms with E-state index in [-0.39, 0.29) is 5.88 Å². The van der Waals surface area contributed by atoms with Crippen LogP contribution in [-0.4, -0.2) is 21.0 Å². The quantitative estimate of drug-likeness (QED) is 0.473. The fourth-order valence-electron chi connectivity index (χ4n) is 2.65. The third-order valence-electron chi connectivity index (χ3n) is 3.74. The van der Waals surface area contributed by atoms with Gasteiger partial charge < -0.3 is 9.84 Å². The minimum Gasteiger partial charge on any atom is -0.449 e. The molecule has 0 saturated heterocycles. The van der Waals surface area contributed by atoms with E-state index in [9.17, 15) is 4.79 Å². The molecule has 1 aromatic heterocycles. The Hall–Kier alpha value is -2.02. The first-order valence-corrected chi connectivity index (χ1v) is 9.19. The number of halogens is 3. The average molecular weight is 456 g/mol. The van der Waals surface area contributed by atoms with Gasteiger partial charge in [0.1, 0.15) is 0 Å². The number of benzene rings is 2. The molecule has 8 heteroatoms. The fraction of sp³-hybridized carbons (Fsp3) is 0.111. The standard InChI is InChI=1S/C18H13BrCl2N2O3/c1-2-13-16(10-3-5-11(19)6-4-10)23(22-17(13)26-18(24)25)15-8-7-12(20)9-14(15)21/h3-9H,2H2,1H3,(H,24,25). The van der Waals surface area contributed by atoms with E-state index < -0.39 is 6.16 Å². The molecule has 134 valence electrons. The maximum absolute atomic E-state index is 11.1. The minimum atomic E-state index is -1.42. The zero-order valence-electron chi connectivity index (χ0n) is 13.5. The van der Waals surface area contributed by atoms with E-state index >= 15 is 0 Å². The predicted octanol–water partition coefficient (Wildman–Crippen LogP) is 6.23. The Bertz CT molecular complexity index is 971. The molecule has 0 aliphatic heterocycles. The molecular formula is C18H13BrCl2N2O3. The molecule has 0 saturated carbocycles. The number of hydrogen-bond acceptors (Lipinski definition) is 3. The maximum Gasteiger partial charge on any atom is 0.512 e. The van der Waals surface area contributed by atoms with Gasteiger partial charge in [-0.25, -0.2) is 9.48 Å². The van der Waals surface area contributed by atoms with E-state index in [1.165, 1.54) is 0 Å². The molecule has 0 aliphatic carbocycles. The second kappa shape index (κ2) is 7.70. The first-order chi connectivity index (χ1) is 12.4. The van der Waals surface area contributed by atoms with Crippen molar-refractivity contribution in [2.75, 3.05) is 0 Å². The second-order valence-corrected chi connectivity index (χ2v) is 7.13. The summed E-state index contributed by atoms with van der Waals surface area (Å²) < 4.78 is 7.40. The Morgan fingerprint density at radius 1 is 1.23 bits per heavy atom. The largest absolute Gasteiger partial charge is 0.512 e. The van der Waals surface area contributed by atoms with Crippen LogP contribution in [0, 0.1) is 0 Å². The Morgan fingerprint density at radius 3 is 2.50 bits per heavy atom. The van der Waals surface area contributed by atoms with Gasteiger partial charge >= 0.3 is 6.16 Å². The van der Waals surface area contributed by atoms with Gasteiger partial charge in [0.25, 0.3) is 0 Å². The molecule has 0 spiro atoms. The molecule has 0 amide bonds. The average Bonchev–Trinajstić information content (AvgIpc) is 2.92. The van der Waals surface area contributed by atoms with E-state index in [4.69, 9.17) is 33.0 Å². The molecule has 0 atom stereocenters. The smallest absolute Gasteiger partial charge is 0.449 e. The lowest BCUT2D eigenvalue weighted by Crippen LogP contribution is -2.05. The van der Waals surface area contributed by atoms with Crippen LogP contribution in [0.15, 0.2) is 46.9 Å². The highest BCUT2D eigenvalue weighted by Gasteiger charge is 2.23. The van der Waals surface area contributed by atoms with E-state index in [2.05, 4.69) is 21.0 Å². The van der Waals surface area contributed by atoms with E-state index in [0.717, 1.165) is 10.0 Å². The molecule has 0 unspecified atom stereocenters. The van der Waals surface area contributed by atoms with Gasteiger partial charge in [0.05, 0.1) is 16.4 Å². The molecule has 2 aromatic carbocycles. The van der Waals surface area contributed by atoms with Crippen LogP contribution in [0.5, 0.6) is 5.88 Å². The van der Waals surface area contributed by atoms with Gasteiger partial charge in [0.2, 0.25) is 5.88 Å². The summed E-state index contributed by atoms with van der Waals surface area (Å²) in [6.45, 7) is 1.90. The monoisotopic (exact) mass is 454 g/mol. The topological polar surface area (TPSA) is 64.3 Å². The highest BCUT2D eigenvalue weighted by atomic mass is 79.9. The van der Waals surface area contributed by atoms with Crippen molar-refractivity contribution in [2.24, 2.45) is 0 Å². The van der Waals surface area contributed by atoms with Gasteiger partial charge in [-0.3, -0.25) is 0 Å². The lowest BCUT2D eigenvalue weighted by molar-refractivity contribution is 0.142. The predicted molar refractivity (Wildman–Crippen MR) is 105 cm³/mol. The van der Waals surface area contributed by atoms with Gasteiger partial charge in [0.15, 0.2) is 0 Å². The zero-order valence-corrected chi connectivity index (χ0v) is 16.6. The summed E-state index contributed by atoms with van der Waals surface area (Å²) in [7, 11) is 0. The molecule has 0 bridgehead atoms. The third-order valence-corrected chi connectivity index (χ3v) is 4.81. The lowest BCUT2D eigenvalue weighted by atomic mass is 10.1. The van der Waals surface area contributed by atoms with Crippen LogP contribution >= 0.6 is 39.1 Å². The number of aromatic nitrogens is 2. The van der Waals surface area contributed by atoms with Crippen molar-refractivity contribution in [1.82, 2.24) is 9.78 Å². The molecule has 0 fully saturated rings. The molecule has 3 aromatic rings. The lowest BCUT2D eigenvalue weighted by Gasteiger charge is -2.11. The molecular weight excluding hydrogens is 443 g/mol. The Balaban J connectivity index is 2.29. The first-order valence-electron chi connectivity index (χ1n) is 7.64. The SMILES string of the molecule is CCc1c(OC(=O)O)nn(-c2ccc(Cl)cc2Cl)c1-c1ccc(Br)cc1. The summed E-state index contributed by atoms with van der Waals surface area (Å²) in [5, 5.41) is 14.3. The van der Waals surface area contributed by atoms with Gasteiger partial charge in [-0.15, -0.1) is 5.10 Å². The van der Waals surface area contributed by atoms with Crippen molar-refractivity contribution in [1.29, 1.82) is 0 Å².